The van der Waals surface area contributed by atoms with E-state index in [2.05, 4.69) is 25.9 Å². The molecular weight excluding hydrogens is 332 g/mol. The average molecular weight is 347 g/mol. The monoisotopic (exact) mass is 346 g/mol. The van der Waals surface area contributed by atoms with Crippen LogP contribution in [0, 0.1) is 20.8 Å². The van der Waals surface area contributed by atoms with Crippen molar-refractivity contribution in [1.29, 1.82) is 0 Å². The molecule has 4 nitrogen and oxygen atoms in total. The molecule has 2 rings (SSSR count). The highest BCUT2D eigenvalue weighted by atomic mass is 79.9. The third-order valence-electron chi connectivity index (χ3n) is 3.13. The van der Waals surface area contributed by atoms with Gasteiger partial charge in [0.1, 0.15) is 5.75 Å². The maximum absolute atomic E-state index is 12.1. The topological polar surface area (TPSA) is 63.1 Å². The van der Waals surface area contributed by atoms with E-state index in [1.54, 1.807) is 18.2 Å². The van der Waals surface area contributed by atoms with Crippen LogP contribution >= 0.6 is 15.9 Å². The summed E-state index contributed by atoms with van der Waals surface area (Å²) in [5.74, 6) is -0.330. The van der Waals surface area contributed by atoms with Gasteiger partial charge in [0, 0.05) is 4.47 Å². The number of ketones is 1. The number of hydrogen-bond donors (Lipinski definition) is 1. The molecule has 0 spiro atoms. The van der Waals surface area contributed by atoms with Crippen LogP contribution in [0.5, 0.6) is 5.75 Å². The third-order valence-corrected chi connectivity index (χ3v) is 3.63. The summed E-state index contributed by atoms with van der Waals surface area (Å²) in [6.07, 6.45) is 3.02. The van der Waals surface area contributed by atoms with E-state index in [9.17, 15) is 9.90 Å². The molecule has 0 aliphatic carbocycles. The zero-order valence-electron chi connectivity index (χ0n) is 12.0. The lowest BCUT2D eigenvalue weighted by atomic mass is 10.1. The maximum atomic E-state index is 12.1. The van der Waals surface area contributed by atoms with Crippen LogP contribution in [0.25, 0.3) is 6.08 Å². The van der Waals surface area contributed by atoms with Crippen LogP contribution in [0.2, 0.25) is 0 Å². The van der Waals surface area contributed by atoms with Gasteiger partial charge >= 0.3 is 0 Å². The van der Waals surface area contributed by atoms with Crippen LogP contribution in [0.3, 0.4) is 0 Å². The van der Waals surface area contributed by atoms with Crippen molar-refractivity contribution in [3.8, 4) is 5.75 Å². The van der Waals surface area contributed by atoms with Crippen molar-refractivity contribution in [3.63, 3.8) is 0 Å². The van der Waals surface area contributed by atoms with Gasteiger partial charge in [-0.25, -0.2) is 4.98 Å². The molecular formula is C16H15BrN2O2. The molecule has 0 saturated heterocycles. The quantitative estimate of drug-likeness (QED) is 0.678. The van der Waals surface area contributed by atoms with Gasteiger partial charge < -0.3 is 5.11 Å². The lowest BCUT2D eigenvalue weighted by molar-refractivity contribution is 0.104. The number of nitrogens with zero attached hydrogens (tertiary/aromatic N) is 2. The van der Waals surface area contributed by atoms with Crippen LogP contribution in [-0.2, 0) is 0 Å². The second kappa shape index (κ2) is 6.18. The van der Waals surface area contributed by atoms with Gasteiger partial charge in [0.2, 0.25) is 0 Å². The molecule has 1 aromatic carbocycles. The minimum Gasteiger partial charge on any atom is -0.507 e. The van der Waals surface area contributed by atoms with Crippen molar-refractivity contribution in [2.45, 2.75) is 20.8 Å². The normalized spacial score (nSPS) is 11.0. The van der Waals surface area contributed by atoms with Crippen molar-refractivity contribution < 1.29 is 9.90 Å². The SMILES string of the molecule is Cc1nc(C)c(/C=C/C(=O)c2cc(Br)ccc2O)nc1C. The van der Waals surface area contributed by atoms with E-state index in [0.717, 1.165) is 21.6 Å². The number of allylic oxidation sites excluding steroid dienone is 1. The molecule has 0 radical (unpaired) electrons. The summed E-state index contributed by atoms with van der Waals surface area (Å²) in [6, 6.07) is 4.74. The summed E-state index contributed by atoms with van der Waals surface area (Å²) >= 11 is 3.28. The van der Waals surface area contributed by atoms with Gasteiger partial charge in [0.15, 0.2) is 5.78 Å². The fourth-order valence-electron chi connectivity index (χ4n) is 1.84. The molecule has 5 heteroatoms. The molecule has 0 amide bonds. The first-order valence-corrected chi connectivity index (χ1v) is 7.20. The Labute approximate surface area is 131 Å². The van der Waals surface area contributed by atoms with Gasteiger partial charge in [-0.2, -0.15) is 0 Å². The van der Waals surface area contributed by atoms with Crippen LogP contribution in [-0.4, -0.2) is 20.9 Å². The Bertz CT molecular complexity index is 739. The molecule has 0 aliphatic rings. The third kappa shape index (κ3) is 3.55. The largest absolute Gasteiger partial charge is 0.507 e. The highest BCUT2D eigenvalue weighted by molar-refractivity contribution is 9.10. The van der Waals surface area contributed by atoms with Gasteiger partial charge in [-0.15, -0.1) is 0 Å². The number of aryl methyl sites for hydroxylation is 3. The number of phenols is 1. The first-order valence-electron chi connectivity index (χ1n) is 6.41. The number of carbonyl (C=O) groups is 1. The van der Waals surface area contributed by atoms with E-state index in [4.69, 9.17) is 0 Å². The number of hydrogen-bond acceptors (Lipinski definition) is 4. The van der Waals surface area contributed by atoms with E-state index >= 15 is 0 Å². The van der Waals surface area contributed by atoms with Crippen LogP contribution in [0.4, 0.5) is 0 Å². The molecule has 21 heavy (non-hydrogen) atoms. The summed E-state index contributed by atoms with van der Waals surface area (Å²) in [5, 5.41) is 9.73. The zero-order valence-corrected chi connectivity index (χ0v) is 13.6. The van der Waals surface area contributed by atoms with Crippen LogP contribution < -0.4 is 0 Å². The minimum atomic E-state index is -0.284. The fourth-order valence-corrected chi connectivity index (χ4v) is 2.20. The lowest BCUT2D eigenvalue weighted by Crippen LogP contribution is -2.00. The fraction of sp³-hybridized carbons (Fsp3) is 0.188. The Balaban J connectivity index is 2.31. The highest BCUT2D eigenvalue weighted by Crippen LogP contribution is 2.23. The zero-order chi connectivity index (χ0) is 15.6. The summed E-state index contributed by atoms with van der Waals surface area (Å²) in [7, 11) is 0. The van der Waals surface area contributed by atoms with E-state index in [1.807, 2.05) is 20.8 Å². The van der Waals surface area contributed by atoms with Gasteiger partial charge in [-0.1, -0.05) is 15.9 Å². The molecule has 2 aromatic rings. The first kappa shape index (κ1) is 15.4. The molecule has 108 valence electrons. The Hall–Kier alpha value is -2.01. The number of rotatable bonds is 3. The number of halogens is 1. The number of benzene rings is 1. The minimum absolute atomic E-state index is 0.0456. The maximum Gasteiger partial charge on any atom is 0.189 e. The molecule has 0 unspecified atom stereocenters. The molecule has 1 heterocycles. The number of carbonyl (C=O) groups excluding carboxylic acids is 1. The predicted molar refractivity (Wildman–Crippen MR) is 85.4 cm³/mol. The van der Waals surface area contributed by atoms with E-state index in [1.165, 1.54) is 12.1 Å². The molecule has 0 fully saturated rings. The van der Waals surface area contributed by atoms with Crippen molar-refractivity contribution in [2.24, 2.45) is 0 Å². The van der Waals surface area contributed by atoms with Crippen molar-refractivity contribution >= 4 is 27.8 Å². The summed E-state index contributed by atoms with van der Waals surface area (Å²) in [5.41, 5.74) is 3.37. The summed E-state index contributed by atoms with van der Waals surface area (Å²) in [6.45, 7) is 5.62. The summed E-state index contributed by atoms with van der Waals surface area (Å²) in [4.78, 5) is 20.9. The molecule has 1 aromatic heterocycles. The van der Waals surface area contributed by atoms with Crippen LogP contribution in [0.1, 0.15) is 33.1 Å². The van der Waals surface area contributed by atoms with Gasteiger partial charge in [0.25, 0.3) is 0 Å². The van der Waals surface area contributed by atoms with Crippen molar-refractivity contribution in [1.82, 2.24) is 9.97 Å². The Kier molecular flexibility index (Phi) is 4.53. The smallest absolute Gasteiger partial charge is 0.189 e. The Morgan fingerprint density at radius 1 is 1.14 bits per heavy atom. The molecule has 0 aliphatic heterocycles. The van der Waals surface area contributed by atoms with Crippen molar-refractivity contribution in [3.05, 3.63) is 57.1 Å². The summed E-state index contributed by atoms with van der Waals surface area (Å²) < 4.78 is 0.735. The van der Waals surface area contributed by atoms with Crippen molar-refractivity contribution in [2.75, 3.05) is 0 Å². The van der Waals surface area contributed by atoms with E-state index in [0.29, 0.717) is 5.69 Å². The number of phenolic OH excluding ortho intramolecular Hbond substituents is 1. The van der Waals surface area contributed by atoms with Gasteiger partial charge in [-0.05, 0) is 51.1 Å². The van der Waals surface area contributed by atoms with E-state index in [-0.39, 0.29) is 17.1 Å². The van der Waals surface area contributed by atoms with E-state index < -0.39 is 0 Å². The number of aromatic nitrogens is 2. The van der Waals surface area contributed by atoms with Gasteiger partial charge in [0.05, 0.1) is 28.3 Å². The second-order valence-corrected chi connectivity index (χ2v) is 5.64. The van der Waals surface area contributed by atoms with Gasteiger partial charge in [-0.3, -0.25) is 9.78 Å². The molecule has 1 N–H and O–H groups in total. The first-order chi connectivity index (χ1) is 9.88. The standard InChI is InChI=1S/C16H15BrN2O2/c1-9-10(2)19-14(11(3)18-9)5-7-16(21)13-8-12(17)4-6-15(13)20/h4-8,20H,1-3H3/b7-5+. The second-order valence-electron chi connectivity index (χ2n) is 4.72. The Morgan fingerprint density at radius 2 is 1.81 bits per heavy atom. The lowest BCUT2D eigenvalue weighted by Gasteiger charge is -2.04. The predicted octanol–water partition coefficient (Wildman–Crippen LogP) is 3.77. The molecule has 0 bridgehead atoms. The number of aromatic hydroxyl groups is 1. The molecule has 0 saturated carbocycles. The molecule has 0 atom stereocenters. The average Bonchev–Trinajstić information content (AvgIpc) is 2.43. The van der Waals surface area contributed by atoms with Crippen LogP contribution in [0.15, 0.2) is 28.7 Å². The Morgan fingerprint density at radius 3 is 2.52 bits per heavy atom. The highest BCUT2D eigenvalue weighted by Gasteiger charge is 2.09.